The van der Waals surface area contributed by atoms with Crippen LogP contribution in [0.1, 0.15) is 36.9 Å². The first-order valence-electron chi connectivity index (χ1n) is 9.20. The van der Waals surface area contributed by atoms with E-state index in [0.717, 1.165) is 55.6 Å². The van der Waals surface area contributed by atoms with Crippen LogP contribution in [0.2, 0.25) is 0 Å². The first kappa shape index (κ1) is 18.1. The number of carbonyl (C=O) groups excluding carboxylic acids is 1. The van der Waals surface area contributed by atoms with Gasteiger partial charge >= 0.3 is 6.18 Å². The number of amides is 1. The molecule has 0 aliphatic carbocycles. The molecule has 4 nitrogen and oxygen atoms in total. The zero-order chi connectivity index (χ0) is 19.4. The highest BCUT2D eigenvalue weighted by atomic mass is 19.4. The molecule has 0 radical (unpaired) electrons. The van der Waals surface area contributed by atoms with E-state index in [9.17, 15) is 18.0 Å². The van der Waals surface area contributed by atoms with E-state index in [1.165, 1.54) is 6.07 Å². The van der Waals surface area contributed by atoms with Crippen molar-refractivity contribution in [3.63, 3.8) is 0 Å². The molecular weight excluding hydrogens is 355 g/mol. The number of nitrogens with zero attached hydrogens (tertiary/aromatic N) is 3. The Bertz CT molecular complexity index is 901. The van der Waals surface area contributed by atoms with E-state index in [4.69, 9.17) is 0 Å². The Kier molecular flexibility index (Phi) is 4.09. The Balaban J connectivity index is 1.66. The summed E-state index contributed by atoms with van der Waals surface area (Å²) < 4.78 is 39.1. The maximum absolute atomic E-state index is 13.0. The molecule has 1 aromatic carbocycles. The Morgan fingerprint density at radius 2 is 1.81 bits per heavy atom. The molecule has 2 saturated heterocycles. The van der Waals surface area contributed by atoms with Crippen LogP contribution in [0.5, 0.6) is 0 Å². The Hall–Kier alpha value is -2.31. The Morgan fingerprint density at radius 1 is 1.11 bits per heavy atom. The maximum Gasteiger partial charge on any atom is 0.416 e. The third kappa shape index (κ3) is 3.03. The summed E-state index contributed by atoms with van der Waals surface area (Å²) in [5.41, 5.74) is 1.25. The quantitative estimate of drug-likeness (QED) is 0.749. The van der Waals surface area contributed by atoms with Gasteiger partial charge in [-0.3, -0.25) is 9.78 Å². The molecule has 2 fully saturated rings. The van der Waals surface area contributed by atoms with Crippen molar-refractivity contribution in [1.82, 2.24) is 9.88 Å². The number of hydrogen-bond donors (Lipinski definition) is 0. The highest BCUT2D eigenvalue weighted by molar-refractivity contribution is 5.92. The lowest BCUT2D eigenvalue weighted by Crippen LogP contribution is -2.51. The fraction of sp³-hybridized carbons (Fsp3) is 0.500. The highest BCUT2D eigenvalue weighted by Crippen LogP contribution is 2.40. The van der Waals surface area contributed by atoms with Crippen LogP contribution in [-0.4, -0.2) is 41.5 Å². The second-order valence-corrected chi connectivity index (χ2v) is 7.68. The zero-order valence-electron chi connectivity index (χ0n) is 15.4. The van der Waals surface area contributed by atoms with Crippen molar-refractivity contribution >= 4 is 22.5 Å². The van der Waals surface area contributed by atoms with Crippen LogP contribution in [0.3, 0.4) is 0 Å². The number of halogens is 3. The largest absolute Gasteiger partial charge is 0.416 e. The molecular formula is C20H22F3N3O. The zero-order valence-corrected chi connectivity index (χ0v) is 15.4. The van der Waals surface area contributed by atoms with Gasteiger partial charge in [-0.25, -0.2) is 0 Å². The summed E-state index contributed by atoms with van der Waals surface area (Å²) in [4.78, 5) is 20.4. The maximum atomic E-state index is 13.0. The molecule has 144 valence electrons. The second-order valence-electron chi connectivity index (χ2n) is 7.68. The van der Waals surface area contributed by atoms with E-state index >= 15 is 0 Å². The smallest absolute Gasteiger partial charge is 0.371 e. The van der Waals surface area contributed by atoms with Gasteiger partial charge in [0, 0.05) is 48.9 Å². The van der Waals surface area contributed by atoms with Gasteiger partial charge in [0.25, 0.3) is 0 Å². The minimum atomic E-state index is -4.38. The molecule has 1 aromatic heterocycles. The van der Waals surface area contributed by atoms with E-state index < -0.39 is 11.7 Å². The molecule has 4 rings (SSSR count). The molecule has 0 bridgehead atoms. The van der Waals surface area contributed by atoms with Crippen LogP contribution in [0.4, 0.5) is 18.9 Å². The minimum absolute atomic E-state index is 0.0606. The van der Waals surface area contributed by atoms with Gasteiger partial charge in [-0.2, -0.15) is 13.2 Å². The number of aryl methyl sites for hydroxylation is 1. The number of anilines is 1. The van der Waals surface area contributed by atoms with Gasteiger partial charge in [-0.05, 0) is 44.4 Å². The predicted octanol–water partition coefficient (Wildman–Crippen LogP) is 4.15. The number of alkyl halides is 3. The number of fused-ring (bicyclic) bond motifs is 1. The minimum Gasteiger partial charge on any atom is -0.371 e. The van der Waals surface area contributed by atoms with Gasteiger partial charge in [0.15, 0.2) is 0 Å². The summed E-state index contributed by atoms with van der Waals surface area (Å²) in [6.45, 7) is 3.35. The Labute approximate surface area is 156 Å². The SMILES string of the molecule is Cc1cc(N2CCC3(CCC(=O)N3C)CC2)c2ccc(C(F)(F)F)cc2n1. The molecule has 27 heavy (non-hydrogen) atoms. The number of benzene rings is 1. The molecule has 7 heteroatoms. The fourth-order valence-electron chi connectivity index (χ4n) is 4.47. The van der Waals surface area contributed by atoms with Gasteiger partial charge in [0.2, 0.25) is 5.91 Å². The number of pyridine rings is 1. The molecule has 1 amide bonds. The molecule has 3 heterocycles. The number of carbonyl (C=O) groups is 1. The summed E-state index contributed by atoms with van der Waals surface area (Å²) in [5.74, 6) is 0.202. The lowest BCUT2D eigenvalue weighted by molar-refractivity contribution is -0.137. The second kappa shape index (κ2) is 6.11. The molecule has 0 saturated carbocycles. The van der Waals surface area contributed by atoms with Crippen LogP contribution in [-0.2, 0) is 11.0 Å². The average Bonchev–Trinajstić information content (AvgIpc) is 2.89. The normalized spacial score (nSPS) is 20.1. The molecule has 0 N–H and O–H groups in total. The topological polar surface area (TPSA) is 36.4 Å². The summed E-state index contributed by atoms with van der Waals surface area (Å²) >= 11 is 0. The summed E-state index contributed by atoms with van der Waals surface area (Å²) in [5, 5.41) is 0.736. The van der Waals surface area contributed by atoms with Crippen molar-refractivity contribution in [2.75, 3.05) is 25.0 Å². The molecule has 2 aliphatic heterocycles. The molecule has 0 unspecified atom stereocenters. The number of rotatable bonds is 1. The number of piperidine rings is 1. The van der Waals surface area contributed by atoms with E-state index in [1.807, 2.05) is 18.0 Å². The molecule has 2 aliphatic rings. The van der Waals surface area contributed by atoms with Gasteiger partial charge < -0.3 is 9.80 Å². The van der Waals surface area contributed by atoms with Crippen LogP contribution < -0.4 is 4.90 Å². The number of aromatic nitrogens is 1. The van der Waals surface area contributed by atoms with E-state index in [1.54, 1.807) is 6.92 Å². The summed E-state index contributed by atoms with van der Waals surface area (Å²) in [6, 6.07) is 5.71. The van der Waals surface area contributed by atoms with Crippen molar-refractivity contribution < 1.29 is 18.0 Å². The van der Waals surface area contributed by atoms with Gasteiger partial charge in [-0.1, -0.05) is 6.07 Å². The van der Waals surface area contributed by atoms with Crippen LogP contribution in [0.15, 0.2) is 24.3 Å². The van der Waals surface area contributed by atoms with Crippen molar-refractivity contribution in [1.29, 1.82) is 0 Å². The lowest BCUT2D eigenvalue weighted by Gasteiger charge is -2.44. The molecule has 1 spiro atoms. The number of hydrogen-bond acceptors (Lipinski definition) is 3. The molecule has 0 atom stereocenters. The van der Waals surface area contributed by atoms with E-state index in [2.05, 4.69) is 9.88 Å². The first-order chi connectivity index (χ1) is 12.7. The summed E-state index contributed by atoms with van der Waals surface area (Å²) in [7, 11) is 1.88. The van der Waals surface area contributed by atoms with Crippen molar-refractivity contribution in [3.05, 3.63) is 35.5 Å². The monoisotopic (exact) mass is 377 g/mol. The van der Waals surface area contributed by atoms with Gasteiger partial charge in [-0.15, -0.1) is 0 Å². The predicted molar refractivity (Wildman–Crippen MR) is 97.7 cm³/mol. The van der Waals surface area contributed by atoms with Gasteiger partial charge in [0.05, 0.1) is 11.1 Å². The van der Waals surface area contributed by atoms with Crippen molar-refractivity contribution in [2.45, 2.75) is 44.3 Å². The summed E-state index contributed by atoms with van der Waals surface area (Å²) in [6.07, 6.45) is -1.14. The Morgan fingerprint density at radius 3 is 2.41 bits per heavy atom. The van der Waals surface area contributed by atoms with Crippen molar-refractivity contribution in [2.24, 2.45) is 0 Å². The van der Waals surface area contributed by atoms with Crippen LogP contribution in [0, 0.1) is 6.92 Å². The third-order valence-corrected chi connectivity index (χ3v) is 6.17. The van der Waals surface area contributed by atoms with Crippen molar-refractivity contribution in [3.8, 4) is 0 Å². The fourth-order valence-corrected chi connectivity index (χ4v) is 4.47. The highest BCUT2D eigenvalue weighted by Gasteiger charge is 2.45. The lowest BCUT2D eigenvalue weighted by atomic mass is 9.85. The van der Waals surface area contributed by atoms with E-state index in [0.29, 0.717) is 17.6 Å². The average molecular weight is 377 g/mol. The van der Waals surface area contributed by atoms with Crippen LogP contribution >= 0.6 is 0 Å². The van der Waals surface area contributed by atoms with Crippen LogP contribution in [0.25, 0.3) is 10.9 Å². The van der Waals surface area contributed by atoms with Gasteiger partial charge in [0.1, 0.15) is 0 Å². The third-order valence-electron chi connectivity index (χ3n) is 6.17. The number of likely N-dealkylation sites (tertiary alicyclic amines) is 1. The van der Waals surface area contributed by atoms with E-state index in [-0.39, 0.29) is 11.4 Å². The first-order valence-corrected chi connectivity index (χ1v) is 9.20. The molecule has 2 aromatic rings. The standard InChI is InChI=1S/C20H22F3N3O/c1-13-11-17(15-4-3-14(20(21,22)23)12-16(15)24-13)26-9-7-19(8-10-26)6-5-18(27)25(19)2/h3-4,11-12H,5-10H2,1-2H3.